The Morgan fingerprint density at radius 2 is 0.795 bits per heavy atom. The van der Waals surface area contributed by atoms with Gasteiger partial charge in [-0.05, 0) is 48.0 Å². The van der Waals surface area contributed by atoms with Gasteiger partial charge in [0, 0.05) is 5.41 Å². The summed E-state index contributed by atoms with van der Waals surface area (Å²) in [5.41, 5.74) is -0.621. The Balaban J connectivity index is 4.60. The fraction of sp³-hybridized carbons (Fsp3) is 0.875. The molecule has 0 spiro atoms. The number of carbonyl (C=O) groups excluding carboxylic acids is 3. The molecule has 39 heavy (non-hydrogen) atoms. The van der Waals surface area contributed by atoms with Crippen LogP contribution in [0.2, 0.25) is 0 Å². The predicted molar refractivity (Wildman–Crippen MR) is 131 cm³/mol. The molecule has 0 aromatic heterocycles. The van der Waals surface area contributed by atoms with Crippen molar-refractivity contribution in [2.24, 2.45) is 5.41 Å². The Morgan fingerprint density at radius 1 is 0.513 bits per heavy atom. The summed E-state index contributed by atoms with van der Waals surface area (Å²) in [5, 5.41) is 0. The maximum absolute atomic E-state index is 11.4. The summed E-state index contributed by atoms with van der Waals surface area (Å²) < 4.78 is 31.7. The third-order valence-electron chi connectivity index (χ3n) is 4.24. The van der Waals surface area contributed by atoms with Crippen LogP contribution in [-0.4, -0.2) is 96.2 Å². The lowest BCUT2D eigenvalue weighted by atomic mass is 9.88. The van der Waals surface area contributed by atoms with Gasteiger partial charge in [0.15, 0.2) is 0 Å². The molecule has 0 amide bonds. The van der Waals surface area contributed by atoms with E-state index < -0.39 is 23.9 Å². The van der Waals surface area contributed by atoms with E-state index in [0.29, 0.717) is 6.42 Å². The molecule has 0 fully saturated rings. The molecule has 0 aliphatic carbocycles. The Bertz CT molecular complexity index is 570. The molecule has 0 rings (SSSR count). The average molecular weight is 573 g/mol. The van der Waals surface area contributed by atoms with Crippen molar-refractivity contribution in [3.63, 3.8) is 0 Å². The van der Waals surface area contributed by atoms with Gasteiger partial charge in [-0.2, -0.15) is 14.7 Å². The molecule has 0 saturated carbocycles. The summed E-state index contributed by atoms with van der Waals surface area (Å²) in [5.74, 6) is 0. The maximum atomic E-state index is 11.4. The monoisotopic (exact) mass is 572 g/mol. The minimum atomic E-state index is -0.977. The highest BCUT2D eigenvalue weighted by Gasteiger charge is 2.30. The molecule has 0 unspecified atom stereocenters. The minimum Gasteiger partial charge on any atom is -0.430 e. The number of hydrogen-bond acceptors (Lipinski definition) is 15. The van der Waals surface area contributed by atoms with Gasteiger partial charge in [0.2, 0.25) is 0 Å². The quantitative estimate of drug-likeness (QED) is 0.0603. The van der Waals surface area contributed by atoms with E-state index in [9.17, 15) is 14.4 Å². The highest BCUT2D eigenvalue weighted by atomic mass is 17.2. The molecule has 0 aliphatic heterocycles. The van der Waals surface area contributed by atoms with Crippen molar-refractivity contribution < 1.29 is 72.1 Å². The lowest BCUT2D eigenvalue weighted by Crippen LogP contribution is -2.38. The lowest BCUT2D eigenvalue weighted by Gasteiger charge is -2.32. The molecule has 0 aliphatic rings. The van der Waals surface area contributed by atoms with Crippen LogP contribution < -0.4 is 0 Å². The number of carbonyl (C=O) groups is 3. The second-order valence-corrected chi connectivity index (χ2v) is 8.99. The van der Waals surface area contributed by atoms with E-state index in [4.69, 9.17) is 43.1 Å². The van der Waals surface area contributed by atoms with Crippen LogP contribution in [-0.2, 0) is 57.7 Å². The van der Waals surface area contributed by atoms with Crippen LogP contribution in [0.5, 0.6) is 0 Å². The molecule has 15 heteroatoms. The highest BCUT2D eigenvalue weighted by Crippen LogP contribution is 2.24. The fourth-order valence-electron chi connectivity index (χ4n) is 2.33. The van der Waals surface area contributed by atoms with Gasteiger partial charge in [0.25, 0.3) is 0 Å². The number of rotatable bonds is 22. The Hall–Kier alpha value is -2.43. The van der Waals surface area contributed by atoms with E-state index in [1.54, 1.807) is 41.5 Å². The van der Waals surface area contributed by atoms with E-state index in [-0.39, 0.29) is 77.8 Å². The summed E-state index contributed by atoms with van der Waals surface area (Å²) in [4.78, 5) is 61.8. The first-order chi connectivity index (χ1) is 18.5. The van der Waals surface area contributed by atoms with Gasteiger partial charge in [0.1, 0.15) is 19.8 Å². The van der Waals surface area contributed by atoms with Crippen molar-refractivity contribution in [3.05, 3.63) is 0 Å². The normalized spacial score (nSPS) is 11.5. The van der Waals surface area contributed by atoms with Crippen LogP contribution in [0.3, 0.4) is 0 Å². The molecule has 0 N–H and O–H groups in total. The van der Waals surface area contributed by atoms with Gasteiger partial charge in [-0.15, -0.1) is 0 Å². The van der Waals surface area contributed by atoms with Crippen molar-refractivity contribution in [1.82, 2.24) is 0 Å². The molecule has 0 radical (unpaired) electrons. The fourth-order valence-corrected chi connectivity index (χ4v) is 2.33. The van der Waals surface area contributed by atoms with Crippen molar-refractivity contribution >= 4 is 18.5 Å². The van der Waals surface area contributed by atoms with E-state index in [1.165, 1.54) is 0 Å². The molecule has 0 saturated heterocycles. The van der Waals surface area contributed by atoms with Crippen LogP contribution in [0, 0.1) is 5.41 Å². The molecule has 0 heterocycles. The van der Waals surface area contributed by atoms with Crippen molar-refractivity contribution in [3.8, 4) is 0 Å². The SMILES string of the molecule is CCC(COCCOC(=O)OOC(C)C)(COCCOC(=O)OOC(C)C)COCCOC(=O)OOC(C)C. The molecule has 0 bridgehead atoms. The molecule has 0 aromatic carbocycles. The largest absolute Gasteiger partial charge is 0.540 e. The van der Waals surface area contributed by atoms with E-state index in [0.717, 1.165) is 0 Å². The highest BCUT2D eigenvalue weighted by molar-refractivity contribution is 5.59. The predicted octanol–water partition coefficient (Wildman–Crippen LogP) is 3.91. The average Bonchev–Trinajstić information content (AvgIpc) is 2.88. The second-order valence-electron chi connectivity index (χ2n) is 8.99. The van der Waals surface area contributed by atoms with Gasteiger partial charge >= 0.3 is 18.5 Å². The van der Waals surface area contributed by atoms with Crippen LogP contribution >= 0.6 is 0 Å². The first-order valence-corrected chi connectivity index (χ1v) is 12.7. The number of ether oxygens (including phenoxy) is 6. The first-order valence-electron chi connectivity index (χ1n) is 12.7. The summed E-state index contributed by atoms with van der Waals surface area (Å²) in [6, 6.07) is 0. The summed E-state index contributed by atoms with van der Waals surface area (Å²) in [6.45, 7) is 12.7. The summed E-state index contributed by atoms with van der Waals surface area (Å²) >= 11 is 0. The lowest BCUT2D eigenvalue weighted by molar-refractivity contribution is -0.278. The maximum Gasteiger partial charge on any atom is 0.540 e. The Kier molecular flexibility index (Phi) is 21.0. The van der Waals surface area contributed by atoms with Crippen LogP contribution in [0.15, 0.2) is 0 Å². The zero-order chi connectivity index (χ0) is 29.5. The molecule has 15 nitrogen and oxygen atoms in total. The third-order valence-corrected chi connectivity index (χ3v) is 4.24. The van der Waals surface area contributed by atoms with Gasteiger partial charge in [-0.25, -0.2) is 14.4 Å². The summed E-state index contributed by atoms with van der Waals surface area (Å²) in [6.07, 6.45) is -3.25. The number of hydrogen-bond donors (Lipinski definition) is 0. The van der Waals surface area contributed by atoms with Crippen molar-refractivity contribution in [2.45, 2.75) is 73.2 Å². The van der Waals surface area contributed by atoms with Gasteiger partial charge in [0.05, 0.1) is 58.0 Å². The first kappa shape index (κ1) is 36.6. The van der Waals surface area contributed by atoms with Crippen molar-refractivity contribution in [1.29, 1.82) is 0 Å². The molecule has 0 atom stereocenters. The van der Waals surface area contributed by atoms with E-state index >= 15 is 0 Å². The van der Waals surface area contributed by atoms with Crippen molar-refractivity contribution in [2.75, 3.05) is 59.5 Å². The molecular formula is C24H44O15. The topological polar surface area (TPSA) is 162 Å². The summed E-state index contributed by atoms with van der Waals surface area (Å²) in [7, 11) is 0. The molecular weight excluding hydrogens is 528 g/mol. The standard InChI is InChI=1S/C24H44O15/c1-8-24(15-28-9-12-31-21(25)37-34-18(2)3,16-29-10-13-32-22(26)38-35-19(4)5)17-30-11-14-33-23(27)39-36-20(6)7/h18-20H,8-17H2,1-7H3. The smallest absolute Gasteiger partial charge is 0.430 e. The van der Waals surface area contributed by atoms with Gasteiger partial charge < -0.3 is 28.4 Å². The minimum absolute atomic E-state index is 0.0649. The Labute approximate surface area is 229 Å². The Morgan fingerprint density at radius 3 is 1.03 bits per heavy atom. The second kappa shape index (κ2) is 22.4. The zero-order valence-electron chi connectivity index (χ0n) is 23.9. The van der Waals surface area contributed by atoms with Crippen LogP contribution in [0.4, 0.5) is 14.4 Å². The molecule has 230 valence electrons. The third kappa shape index (κ3) is 22.1. The van der Waals surface area contributed by atoms with Crippen LogP contribution in [0.25, 0.3) is 0 Å². The zero-order valence-corrected chi connectivity index (χ0v) is 23.9. The van der Waals surface area contributed by atoms with Gasteiger partial charge in [-0.3, -0.25) is 14.7 Å². The van der Waals surface area contributed by atoms with Crippen LogP contribution in [0.1, 0.15) is 54.9 Å². The van der Waals surface area contributed by atoms with E-state index in [2.05, 4.69) is 14.7 Å². The van der Waals surface area contributed by atoms with E-state index in [1.807, 2.05) is 6.92 Å². The van der Waals surface area contributed by atoms with Gasteiger partial charge in [-0.1, -0.05) is 6.92 Å². The molecule has 0 aromatic rings.